The van der Waals surface area contributed by atoms with Crippen molar-refractivity contribution in [3.05, 3.63) is 40.9 Å². The van der Waals surface area contributed by atoms with E-state index in [2.05, 4.69) is 20.4 Å². The van der Waals surface area contributed by atoms with Crippen molar-refractivity contribution in [2.24, 2.45) is 5.84 Å². The molecule has 0 aliphatic heterocycles. The molecule has 2 heterocycles. The fourth-order valence-electron chi connectivity index (χ4n) is 1.75. The van der Waals surface area contributed by atoms with Crippen LogP contribution >= 0.6 is 11.6 Å². The van der Waals surface area contributed by atoms with E-state index in [-0.39, 0.29) is 0 Å². The third kappa shape index (κ3) is 2.79. The number of methoxy groups -OCH3 is 2. The van der Waals surface area contributed by atoms with Gasteiger partial charge in [-0.1, -0.05) is 11.6 Å². The van der Waals surface area contributed by atoms with E-state index in [9.17, 15) is 0 Å². The predicted molar refractivity (Wildman–Crippen MR) is 73.5 cm³/mol. The third-order valence-corrected chi connectivity index (χ3v) is 3.02. The first-order valence-electron chi connectivity index (χ1n) is 5.71. The lowest BCUT2D eigenvalue weighted by molar-refractivity contribution is 0.352. The van der Waals surface area contributed by atoms with Crippen molar-refractivity contribution in [1.29, 1.82) is 0 Å². The van der Waals surface area contributed by atoms with Gasteiger partial charge in [0, 0.05) is 12.4 Å². The van der Waals surface area contributed by atoms with E-state index in [0.717, 1.165) is 5.56 Å². The Morgan fingerprint density at radius 1 is 1.30 bits per heavy atom. The smallest absolute Gasteiger partial charge is 0.240 e. The normalized spacial score (nSPS) is 12.0. The molecule has 0 saturated heterocycles. The van der Waals surface area contributed by atoms with Crippen molar-refractivity contribution in [1.82, 2.24) is 20.4 Å². The maximum Gasteiger partial charge on any atom is 0.240 e. The summed E-state index contributed by atoms with van der Waals surface area (Å²) in [5, 5.41) is 0.468. The first kappa shape index (κ1) is 14.4. The number of nitrogens with two attached hydrogens (primary N) is 1. The molecule has 0 spiro atoms. The molecule has 8 heteroatoms. The van der Waals surface area contributed by atoms with Crippen LogP contribution in [0.3, 0.4) is 0 Å². The summed E-state index contributed by atoms with van der Waals surface area (Å²) < 4.78 is 10.2. The maximum absolute atomic E-state index is 6.13. The van der Waals surface area contributed by atoms with Gasteiger partial charge in [-0.3, -0.25) is 10.8 Å². The number of hydrogen-bond donors (Lipinski definition) is 2. The number of nitrogens with zero attached hydrogens (tertiary/aromatic N) is 3. The van der Waals surface area contributed by atoms with Crippen molar-refractivity contribution in [2.75, 3.05) is 14.2 Å². The lowest BCUT2D eigenvalue weighted by Crippen LogP contribution is -2.30. The second-order valence-corrected chi connectivity index (χ2v) is 4.21. The van der Waals surface area contributed by atoms with Crippen LogP contribution in [0.4, 0.5) is 0 Å². The molecule has 0 aliphatic rings. The third-order valence-electron chi connectivity index (χ3n) is 2.70. The second-order valence-electron chi connectivity index (χ2n) is 3.80. The zero-order chi connectivity index (χ0) is 14.5. The van der Waals surface area contributed by atoms with Crippen molar-refractivity contribution >= 4 is 11.6 Å². The monoisotopic (exact) mass is 295 g/mol. The average Bonchev–Trinajstić information content (AvgIpc) is 2.50. The average molecular weight is 296 g/mol. The van der Waals surface area contributed by atoms with Crippen LogP contribution in [0.5, 0.6) is 11.8 Å². The van der Waals surface area contributed by atoms with E-state index in [1.807, 2.05) is 0 Å². The first-order chi connectivity index (χ1) is 9.71. The topological polar surface area (TPSA) is 95.2 Å². The summed E-state index contributed by atoms with van der Waals surface area (Å²) in [6.07, 6.45) is 4.64. The van der Waals surface area contributed by atoms with Gasteiger partial charge in [0.25, 0.3) is 0 Å². The molecule has 0 radical (unpaired) electrons. The lowest BCUT2D eigenvalue weighted by Gasteiger charge is -2.18. The van der Waals surface area contributed by atoms with Gasteiger partial charge in [0.1, 0.15) is 5.69 Å². The molecule has 3 N–H and O–H groups in total. The summed E-state index contributed by atoms with van der Waals surface area (Å²) in [6, 6.07) is 1.27. The summed E-state index contributed by atoms with van der Waals surface area (Å²) in [6.45, 7) is 0. The highest BCUT2D eigenvalue weighted by molar-refractivity contribution is 6.31. The number of rotatable bonds is 5. The van der Waals surface area contributed by atoms with Gasteiger partial charge in [0.2, 0.25) is 11.8 Å². The van der Waals surface area contributed by atoms with Crippen LogP contribution in [0.25, 0.3) is 0 Å². The van der Waals surface area contributed by atoms with Crippen LogP contribution in [-0.2, 0) is 0 Å². The molecule has 1 unspecified atom stereocenters. The minimum atomic E-state index is -0.473. The quantitative estimate of drug-likeness (QED) is 0.630. The number of pyridine rings is 1. The SMILES string of the molecule is COc1cnc(C(NN)c2ccncc2Cl)c(OC)n1. The first-order valence-corrected chi connectivity index (χ1v) is 6.09. The molecular formula is C12H14ClN5O2. The molecule has 1 atom stereocenters. The number of nitrogens with one attached hydrogen (secondary N) is 1. The molecule has 0 fully saturated rings. The van der Waals surface area contributed by atoms with Crippen molar-refractivity contribution in [2.45, 2.75) is 6.04 Å². The molecule has 0 amide bonds. The molecule has 106 valence electrons. The van der Waals surface area contributed by atoms with Crippen LogP contribution < -0.4 is 20.7 Å². The Morgan fingerprint density at radius 2 is 2.10 bits per heavy atom. The minimum Gasteiger partial charge on any atom is -0.480 e. The predicted octanol–water partition coefficient (Wildman–Crippen LogP) is 1.09. The van der Waals surface area contributed by atoms with E-state index >= 15 is 0 Å². The van der Waals surface area contributed by atoms with E-state index < -0.39 is 6.04 Å². The summed E-state index contributed by atoms with van der Waals surface area (Å²) in [5.74, 6) is 6.27. The van der Waals surface area contributed by atoms with Gasteiger partial charge >= 0.3 is 0 Å². The molecule has 0 bridgehead atoms. The molecule has 2 aromatic heterocycles. The van der Waals surface area contributed by atoms with Crippen LogP contribution in [0.1, 0.15) is 17.3 Å². The van der Waals surface area contributed by atoms with Gasteiger partial charge in [-0.15, -0.1) is 0 Å². The van der Waals surface area contributed by atoms with Crippen LogP contribution in [0.2, 0.25) is 5.02 Å². The Balaban J connectivity index is 2.49. The fraction of sp³-hybridized carbons (Fsp3) is 0.250. The van der Waals surface area contributed by atoms with Crippen molar-refractivity contribution in [3.8, 4) is 11.8 Å². The van der Waals surface area contributed by atoms with E-state index in [1.165, 1.54) is 26.6 Å². The number of ether oxygens (including phenoxy) is 2. The van der Waals surface area contributed by atoms with Crippen LogP contribution in [0, 0.1) is 0 Å². The molecule has 2 aromatic rings. The van der Waals surface area contributed by atoms with Gasteiger partial charge in [0.05, 0.1) is 31.5 Å². The summed E-state index contributed by atoms with van der Waals surface area (Å²) >= 11 is 6.13. The molecule has 0 saturated carbocycles. The van der Waals surface area contributed by atoms with E-state index in [4.69, 9.17) is 26.9 Å². The van der Waals surface area contributed by atoms with Crippen molar-refractivity contribution < 1.29 is 9.47 Å². The van der Waals surface area contributed by atoms with Crippen LogP contribution in [-0.4, -0.2) is 29.2 Å². The highest BCUT2D eigenvalue weighted by atomic mass is 35.5. The number of hydrogen-bond acceptors (Lipinski definition) is 7. The largest absolute Gasteiger partial charge is 0.480 e. The molecule has 0 aromatic carbocycles. The Bertz CT molecular complexity index is 596. The van der Waals surface area contributed by atoms with Gasteiger partial charge in [-0.25, -0.2) is 10.4 Å². The summed E-state index contributed by atoms with van der Waals surface area (Å²) in [5.41, 5.74) is 3.88. The van der Waals surface area contributed by atoms with E-state index in [0.29, 0.717) is 22.5 Å². The molecule has 2 rings (SSSR count). The molecular weight excluding hydrogens is 282 g/mol. The Labute approximate surface area is 121 Å². The molecule has 20 heavy (non-hydrogen) atoms. The zero-order valence-electron chi connectivity index (χ0n) is 11.0. The van der Waals surface area contributed by atoms with Crippen LogP contribution in [0.15, 0.2) is 24.7 Å². The Morgan fingerprint density at radius 3 is 2.70 bits per heavy atom. The summed E-state index contributed by atoms with van der Waals surface area (Å²) in [4.78, 5) is 12.4. The summed E-state index contributed by atoms with van der Waals surface area (Å²) in [7, 11) is 3.00. The standard InChI is InChI=1S/C12H14ClN5O2/c1-19-9-6-16-11(12(17-9)20-2)10(18-14)7-3-4-15-5-8(7)13/h3-6,10,18H,14H2,1-2H3. The zero-order valence-corrected chi connectivity index (χ0v) is 11.8. The highest BCUT2D eigenvalue weighted by Crippen LogP contribution is 2.30. The van der Waals surface area contributed by atoms with Gasteiger partial charge in [-0.05, 0) is 11.6 Å². The number of aromatic nitrogens is 3. The minimum absolute atomic E-state index is 0.306. The number of halogens is 1. The van der Waals surface area contributed by atoms with E-state index in [1.54, 1.807) is 12.3 Å². The maximum atomic E-state index is 6.13. The number of hydrazine groups is 1. The van der Waals surface area contributed by atoms with Crippen molar-refractivity contribution in [3.63, 3.8) is 0 Å². The highest BCUT2D eigenvalue weighted by Gasteiger charge is 2.22. The Kier molecular flexibility index (Phi) is 4.67. The van der Waals surface area contributed by atoms with Gasteiger partial charge in [0.15, 0.2) is 0 Å². The molecule has 7 nitrogen and oxygen atoms in total. The second kappa shape index (κ2) is 6.47. The van der Waals surface area contributed by atoms with Gasteiger partial charge < -0.3 is 9.47 Å². The van der Waals surface area contributed by atoms with Gasteiger partial charge in [-0.2, -0.15) is 4.98 Å². The molecule has 0 aliphatic carbocycles. The lowest BCUT2D eigenvalue weighted by atomic mass is 10.1. The Hall–Kier alpha value is -1.96. The fourth-order valence-corrected chi connectivity index (χ4v) is 1.98.